The fourth-order valence-electron chi connectivity index (χ4n) is 5.18. The number of benzene rings is 1. The van der Waals surface area contributed by atoms with Gasteiger partial charge >= 0.3 is 0 Å². The zero-order valence-corrected chi connectivity index (χ0v) is 31.4. The van der Waals surface area contributed by atoms with Crippen LogP contribution in [0.25, 0.3) is 0 Å². The van der Waals surface area contributed by atoms with E-state index < -0.39 is 57.7 Å². The van der Waals surface area contributed by atoms with Gasteiger partial charge in [-0.2, -0.15) is 0 Å². The predicted molar refractivity (Wildman–Crippen MR) is 201 cm³/mol. The molecular formula is C36H49N7O13. The molecule has 306 valence electrons. The lowest BCUT2D eigenvalue weighted by atomic mass is 10.1. The van der Waals surface area contributed by atoms with Gasteiger partial charge in [0, 0.05) is 63.8 Å². The summed E-state index contributed by atoms with van der Waals surface area (Å²) in [4.78, 5) is 81.3. The van der Waals surface area contributed by atoms with Crippen molar-refractivity contribution in [3.8, 4) is 23.0 Å². The monoisotopic (exact) mass is 787 g/mol. The fourth-order valence-corrected chi connectivity index (χ4v) is 5.18. The molecule has 0 aliphatic heterocycles. The van der Waals surface area contributed by atoms with Gasteiger partial charge in [-0.15, -0.1) is 0 Å². The summed E-state index contributed by atoms with van der Waals surface area (Å²) in [6.07, 6.45) is 0. The maximum atomic E-state index is 13.0. The predicted octanol–water partition coefficient (Wildman–Crippen LogP) is -0.806. The summed E-state index contributed by atoms with van der Waals surface area (Å²) >= 11 is 0. The van der Waals surface area contributed by atoms with Gasteiger partial charge in [0.15, 0.2) is 23.0 Å². The zero-order chi connectivity index (χ0) is 41.2. The van der Waals surface area contributed by atoms with E-state index in [-0.39, 0.29) is 74.7 Å². The molecule has 0 atom stereocenters. The van der Waals surface area contributed by atoms with E-state index in [2.05, 4.69) is 31.2 Å². The molecule has 0 radical (unpaired) electrons. The minimum Gasteiger partial charge on any atom is -0.504 e. The minimum absolute atomic E-state index is 0.00768. The number of rotatable bonds is 23. The van der Waals surface area contributed by atoms with Crippen molar-refractivity contribution in [1.82, 2.24) is 36.1 Å². The van der Waals surface area contributed by atoms with E-state index in [1.165, 1.54) is 24.3 Å². The number of phenolic OH excluding ortho intramolecular Hbond substituents is 2. The van der Waals surface area contributed by atoms with Crippen molar-refractivity contribution in [3.63, 3.8) is 0 Å². The molecule has 0 spiro atoms. The Morgan fingerprint density at radius 1 is 0.554 bits per heavy atom. The van der Waals surface area contributed by atoms with Crippen LogP contribution in [-0.4, -0.2) is 144 Å². The summed E-state index contributed by atoms with van der Waals surface area (Å²) < 4.78 is 15.9. The van der Waals surface area contributed by atoms with Gasteiger partial charge < -0.3 is 65.9 Å². The first kappa shape index (κ1) is 44.4. The maximum Gasteiger partial charge on any atom is 0.291 e. The molecule has 20 nitrogen and oxygen atoms in total. The third kappa shape index (κ3) is 13.4. The van der Waals surface area contributed by atoms with Gasteiger partial charge in [-0.05, 0) is 45.0 Å². The molecule has 0 saturated carbocycles. The number of H-pyrrole nitrogens is 2. The molecule has 0 unspecified atom stereocenters. The van der Waals surface area contributed by atoms with Crippen LogP contribution in [0.1, 0.15) is 59.7 Å². The molecule has 0 aliphatic rings. The Labute approximate surface area is 321 Å². The van der Waals surface area contributed by atoms with Crippen LogP contribution in [0.5, 0.6) is 23.0 Å². The molecule has 0 bridgehead atoms. The van der Waals surface area contributed by atoms with Crippen LogP contribution >= 0.6 is 0 Å². The number of aromatic amines is 2. The molecule has 1 aromatic carbocycles. The Kier molecular flexibility index (Phi) is 17.8. The summed E-state index contributed by atoms with van der Waals surface area (Å²) in [5.74, 6) is -6.00. The Bertz CT molecular complexity index is 1860. The first-order valence-corrected chi connectivity index (χ1v) is 17.7. The van der Waals surface area contributed by atoms with Gasteiger partial charge in [0.1, 0.15) is 0 Å². The maximum absolute atomic E-state index is 13.0. The molecule has 2 aromatic heterocycles. The Morgan fingerprint density at radius 3 is 1.32 bits per heavy atom. The van der Waals surface area contributed by atoms with Crippen molar-refractivity contribution in [3.05, 3.63) is 78.6 Å². The lowest BCUT2D eigenvalue weighted by molar-refractivity contribution is 0.0175. The first-order chi connectivity index (χ1) is 26.7. The third-order valence-electron chi connectivity index (χ3n) is 8.03. The van der Waals surface area contributed by atoms with Crippen molar-refractivity contribution in [2.45, 2.75) is 20.8 Å². The first-order valence-electron chi connectivity index (χ1n) is 17.7. The summed E-state index contributed by atoms with van der Waals surface area (Å²) in [7, 11) is 0. The number of phenols is 2. The van der Waals surface area contributed by atoms with Gasteiger partial charge in [0.25, 0.3) is 34.7 Å². The van der Waals surface area contributed by atoms with Gasteiger partial charge in [-0.25, -0.2) is 0 Å². The van der Waals surface area contributed by atoms with Crippen LogP contribution in [0, 0.1) is 13.8 Å². The van der Waals surface area contributed by atoms with E-state index in [0.717, 1.165) is 0 Å². The van der Waals surface area contributed by atoms with Crippen molar-refractivity contribution in [1.29, 1.82) is 0 Å². The summed E-state index contributed by atoms with van der Waals surface area (Å²) in [5.41, 5.74) is -1.95. The van der Waals surface area contributed by atoms with E-state index >= 15 is 0 Å². The van der Waals surface area contributed by atoms with Crippen LogP contribution in [-0.2, 0) is 14.2 Å². The SMILES string of the molecule is CCOCCOCCOCCNC(=O)c1ccc(C(=O)NCCN(CCNC(=O)c2cc(C)[nH]c(=O)c2O)CCNC(=O)c2cc(C)[nH]c(=O)c2O)c(O)c1O. The van der Waals surface area contributed by atoms with Crippen LogP contribution in [0.15, 0.2) is 33.9 Å². The van der Waals surface area contributed by atoms with Crippen LogP contribution in [0.3, 0.4) is 0 Å². The van der Waals surface area contributed by atoms with Crippen molar-refractivity contribution in [2.75, 3.05) is 85.5 Å². The number of carbonyl (C=O) groups excluding carboxylic acids is 4. The lowest BCUT2D eigenvalue weighted by Crippen LogP contribution is -2.43. The highest BCUT2D eigenvalue weighted by Crippen LogP contribution is 2.32. The second-order valence-corrected chi connectivity index (χ2v) is 12.2. The average Bonchev–Trinajstić information content (AvgIpc) is 3.15. The average molecular weight is 788 g/mol. The van der Waals surface area contributed by atoms with Crippen LogP contribution < -0.4 is 32.4 Å². The van der Waals surface area contributed by atoms with E-state index in [1.807, 2.05) is 6.92 Å². The van der Waals surface area contributed by atoms with Gasteiger partial charge in [0.05, 0.1) is 55.3 Å². The van der Waals surface area contributed by atoms with Crippen molar-refractivity contribution < 1.29 is 53.8 Å². The number of nitrogens with zero attached hydrogens (tertiary/aromatic N) is 1. The van der Waals surface area contributed by atoms with E-state index in [4.69, 9.17) is 14.2 Å². The number of amides is 4. The number of aromatic hydroxyl groups is 4. The normalized spacial score (nSPS) is 11.0. The smallest absolute Gasteiger partial charge is 0.291 e. The Balaban J connectivity index is 1.56. The minimum atomic E-state index is -0.824. The zero-order valence-electron chi connectivity index (χ0n) is 31.4. The molecule has 20 heteroatoms. The molecule has 4 amide bonds. The number of aromatic nitrogens is 2. The molecule has 0 saturated heterocycles. The van der Waals surface area contributed by atoms with E-state index in [9.17, 15) is 49.2 Å². The van der Waals surface area contributed by atoms with Crippen LogP contribution in [0.2, 0.25) is 0 Å². The highest BCUT2D eigenvalue weighted by atomic mass is 16.5. The van der Waals surface area contributed by atoms with Gasteiger partial charge in [0.2, 0.25) is 0 Å². The van der Waals surface area contributed by atoms with Gasteiger partial charge in [-0.3, -0.25) is 33.7 Å². The quantitative estimate of drug-likeness (QED) is 0.0416. The fraction of sp³-hybridized carbons (Fsp3) is 0.444. The number of nitrogens with one attached hydrogen (secondary N) is 6. The molecule has 3 aromatic rings. The lowest BCUT2D eigenvalue weighted by Gasteiger charge is -2.23. The number of carbonyl (C=O) groups is 4. The number of aryl methyl sites for hydroxylation is 2. The Morgan fingerprint density at radius 2 is 0.911 bits per heavy atom. The highest BCUT2D eigenvalue weighted by Gasteiger charge is 2.22. The second kappa shape index (κ2) is 22.4. The number of pyridine rings is 2. The van der Waals surface area contributed by atoms with Crippen molar-refractivity contribution in [2.24, 2.45) is 0 Å². The molecule has 10 N–H and O–H groups in total. The standard InChI is InChI=1S/C36H49N7O13/c1-4-54-15-16-56-18-17-55-14-10-40-32(49)24-6-5-23(27(44)28(24)45)31(48)37-7-11-43(12-8-38-33(50)25-19-21(2)41-35(52)29(25)46)13-9-39-34(51)26-20-22(3)42-36(53)30(26)47/h5-6,19-20,44-47H,4,7-18H2,1-3H3,(H,37,48)(H,38,50)(H,39,51)(H,40,49)(H,41,52)(H,42,53). The summed E-state index contributed by atoms with van der Waals surface area (Å²) in [6.45, 7) is 7.85. The summed E-state index contributed by atoms with van der Waals surface area (Å²) in [5, 5.41) is 51.6. The largest absolute Gasteiger partial charge is 0.504 e. The Hall–Kier alpha value is -5.96. The van der Waals surface area contributed by atoms with E-state index in [1.54, 1.807) is 18.7 Å². The number of ether oxygens (including phenoxy) is 3. The van der Waals surface area contributed by atoms with E-state index in [0.29, 0.717) is 44.4 Å². The molecular weight excluding hydrogens is 738 g/mol. The molecule has 3 rings (SSSR count). The number of hydrogen-bond donors (Lipinski definition) is 10. The third-order valence-corrected chi connectivity index (χ3v) is 8.03. The summed E-state index contributed by atoms with van der Waals surface area (Å²) in [6, 6.07) is 4.99. The number of hydrogen-bond acceptors (Lipinski definition) is 14. The highest BCUT2D eigenvalue weighted by molar-refractivity contribution is 6.03. The van der Waals surface area contributed by atoms with Crippen LogP contribution in [0.4, 0.5) is 0 Å². The van der Waals surface area contributed by atoms with Gasteiger partial charge in [-0.1, -0.05) is 0 Å². The van der Waals surface area contributed by atoms with Crippen molar-refractivity contribution >= 4 is 23.6 Å². The molecule has 56 heavy (non-hydrogen) atoms. The second-order valence-electron chi connectivity index (χ2n) is 12.2. The molecule has 2 heterocycles. The molecule has 0 aliphatic carbocycles. The molecule has 0 fully saturated rings. The topological polar surface area (TPSA) is 294 Å².